The van der Waals surface area contributed by atoms with E-state index in [9.17, 15) is 0 Å². The Balaban J connectivity index is 0.00000576. The second kappa shape index (κ2) is 14.4. The lowest BCUT2D eigenvalue weighted by molar-refractivity contribution is 0.491. The molecule has 0 aliphatic carbocycles. The summed E-state index contributed by atoms with van der Waals surface area (Å²) in [6, 6.07) is 0.468. The Morgan fingerprint density at radius 2 is 1.96 bits per heavy atom. The van der Waals surface area contributed by atoms with Gasteiger partial charge in [0, 0.05) is 38.1 Å². The van der Waals surface area contributed by atoms with Crippen LogP contribution in [0.25, 0.3) is 0 Å². The molecule has 0 amide bonds. The fraction of sp³-hybridized carbons (Fsp3) is 0.789. The number of nitrogens with zero attached hydrogens (tertiary/aromatic N) is 3. The fourth-order valence-electron chi connectivity index (χ4n) is 2.68. The highest BCUT2D eigenvalue weighted by Gasteiger charge is 2.05. The molecule has 0 spiro atoms. The van der Waals surface area contributed by atoms with Gasteiger partial charge < -0.3 is 15.2 Å². The molecule has 0 aromatic carbocycles. The van der Waals surface area contributed by atoms with E-state index in [0.29, 0.717) is 6.04 Å². The standard InChI is InChI=1S/C19H37N5.HI/c1-6-20-19(23-17(4)11-9-10-16(2)3)22-12-7-8-14-24-15-13-21-18(24)5;/h13,15-17H,6-12,14H2,1-5H3,(H2,20,22,23);1H. The predicted octanol–water partition coefficient (Wildman–Crippen LogP) is 4.36. The number of imidazole rings is 1. The summed E-state index contributed by atoms with van der Waals surface area (Å²) in [5, 5.41) is 6.88. The van der Waals surface area contributed by atoms with Crippen molar-refractivity contribution in [3.05, 3.63) is 18.2 Å². The first-order valence-corrected chi connectivity index (χ1v) is 9.55. The second-order valence-electron chi connectivity index (χ2n) is 7.01. The van der Waals surface area contributed by atoms with Gasteiger partial charge in [0.05, 0.1) is 0 Å². The fourth-order valence-corrected chi connectivity index (χ4v) is 2.68. The van der Waals surface area contributed by atoms with Crippen LogP contribution in [0.3, 0.4) is 0 Å². The zero-order valence-corrected chi connectivity index (χ0v) is 19.0. The number of aliphatic imine (C=N–C) groups is 1. The minimum atomic E-state index is 0. The summed E-state index contributed by atoms with van der Waals surface area (Å²) in [4.78, 5) is 8.96. The molecule has 0 bridgehead atoms. The van der Waals surface area contributed by atoms with Crippen molar-refractivity contribution in [1.82, 2.24) is 20.2 Å². The van der Waals surface area contributed by atoms with Crippen molar-refractivity contribution in [3.8, 4) is 0 Å². The number of unbranched alkanes of at least 4 members (excludes halogenated alkanes) is 1. The number of aromatic nitrogens is 2. The summed E-state index contributed by atoms with van der Waals surface area (Å²) in [7, 11) is 0. The van der Waals surface area contributed by atoms with Crippen LogP contribution in [0.1, 0.15) is 65.6 Å². The smallest absolute Gasteiger partial charge is 0.191 e. The third kappa shape index (κ3) is 11.4. The number of halogens is 1. The molecule has 0 saturated heterocycles. The van der Waals surface area contributed by atoms with Crippen LogP contribution in [0.4, 0.5) is 0 Å². The van der Waals surface area contributed by atoms with Crippen molar-refractivity contribution in [2.24, 2.45) is 10.9 Å². The maximum atomic E-state index is 4.71. The van der Waals surface area contributed by atoms with E-state index in [4.69, 9.17) is 4.99 Å². The summed E-state index contributed by atoms with van der Waals surface area (Å²) < 4.78 is 2.20. The Bertz CT molecular complexity index is 470. The molecule has 1 aromatic rings. The molecular weight excluding hydrogens is 425 g/mol. The highest BCUT2D eigenvalue weighted by Crippen LogP contribution is 2.08. The van der Waals surface area contributed by atoms with Gasteiger partial charge in [-0.3, -0.25) is 4.99 Å². The average molecular weight is 463 g/mol. The van der Waals surface area contributed by atoms with E-state index in [1.165, 1.54) is 19.3 Å². The highest BCUT2D eigenvalue weighted by molar-refractivity contribution is 14.0. The zero-order chi connectivity index (χ0) is 17.8. The monoisotopic (exact) mass is 463 g/mol. The average Bonchev–Trinajstić information content (AvgIpc) is 2.92. The van der Waals surface area contributed by atoms with Crippen LogP contribution in [-0.2, 0) is 6.54 Å². The van der Waals surface area contributed by atoms with Crippen molar-refractivity contribution in [2.75, 3.05) is 13.1 Å². The van der Waals surface area contributed by atoms with Crippen LogP contribution in [0.15, 0.2) is 17.4 Å². The lowest BCUT2D eigenvalue weighted by Crippen LogP contribution is -2.42. The summed E-state index contributed by atoms with van der Waals surface area (Å²) in [6.45, 7) is 13.8. The molecule has 2 N–H and O–H groups in total. The second-order valence-corrected chi connectivity index (χ2v) is 7.01. The zero-order valence-electron chi connectivity index (χ0n) is 16.7. The van der Waals surface area contributed by atoms with Crippen LogP contribution in [0.5, 0.6) is 0 Å². The minimum absolute atomic E-state index is 0. The molecule has 5 nitrogen and oxygen atoms in total. The van der Waals surface area contributed by atoms with E-state index < -0.39 is 0 Å². The normalized spacial score (nSPS) is 12.8. The van der Waals surface area contributed by atoms with Crippen molar-refractivity contribution < 1.29 is 0 Å². The summed E-state index contributed by atoms with van der Waals surface area (Å²) in [6.07, 6.45) is 9.90. The van der Waals surface area contributed by atoms with Crippen LogP contribution in [0.2, 0.25) is 0 Å². The molecule has 146 valence electrons. The van der Waals surface area contributed by atoms with Crippen LogP contribution in [0, 0.1) is 12.8 Å². The van der Waals surface area contributed by atoms with E-state index >= 15 is 0 Å². The Morgan fingerprint density at radius 1 is 1.20 bits per heavy atom. The molecule has 0 aliphatic rings. The van der Waals surface area contributed by atoms with Gasteiger partial charge in [-0.25, -0.2) is 4.98 Å². The van der Waals surface area contributed by atoms with Gasteiger partial charge in [-0.15, -0.1) is 24.0 Å². The Morgan fingerprint density at radius 3 is 2.56 bits per heavy atom. The summed E-state index contributed by atoms with van der Waals surface area (Å²) in [5.74, 6) is 2.83. The quantitative estimate of drug-likeness (QED) is 0.222. The molecule has 0 saturated carbocycles. The number of nitrogens with one attached hydrogen (secondary N) is 2. The molecule has 1 unspecified atom stereocenters. The number of hydrogen-bond donors (Lipinski definition) is 2. The topological polar surface area (TPSA) is 54.2 Å². The van der Waals surface area contributed by atoms with E-state index in [1.807, 2.05) is 19.3 Å². The van der Waals surface area contributed by atoms with Crippen molar-refractivity contribution in [1.29, 1.82) is 0 Å². The molecule has 1 rings (SSSR count). The molecule has 0 radical (unpaired) electrons. The van der Waals surface area contributed by atoms with E-state index in [1.54, 1.807) is 0 Å². The number of aryl methyl sites for hydroxylation is 2. The first kappa shape index (κ1) is 24.2. The molecular formula is C19H38IN5. The van der Waals surface area contributed by atoms with Crippen LogP contribution < -0.4 is 10.6 Å². The van der Waals surface area contributed by atoms with Gasteiger partial charge in [0.25, 0.3) is 0 Å². The minimum Gasteiger partial charge on any atom is -0.357 e. The van der Waals surface area contributed by atoms with E-state index in [-0.39, 0.29) is 24.0 Å². The van der Waals surface area contributed by atoms with Gasteiger partial charge in [0.1, 0.15) is 5.82 Å². The predicted molar refractivity (Wildman–Crippen MR) is 119 cm³/mol. The Labute approximate surface area is 171 Å². The van der Waals surface area contributed by atoms with Crippen molar-refractivity contribution >= 4 is 29.9 Å². The van der Waals surface area contributed by atoms with Crippen LogP contribution >= 0.6 is 24.0 Å². The maximum absolute atomic E-state index is 4.71. The van der Waals surface area contributed by atoms with Gasteiger partial charge in [0.2, 0.25) is 0 Å². The highest BCUT2D eigenvalue weighted by atomic mass is 127. The molecule has 25 heavy (non-hydrogen) atoms. The number of hydrogen-bond acceptors (Lipinski definition) is 2. The lowest BCUT2D eigenvalue weighted by Gasteiger charge is -2.18. The molecule has 0 fully saturated rings. The Kier molecular flexibility index (Phi) is 13.9. The first-order chi connectivity index (χ1) is 11.5. The molecule has 0 aliphatic heterocycles. The number of guanidine groups is 1. The van der Waals surface area contributed by atoms with Gasteiger partial charge in [0.15, 0.2) is 5.96 Å². The van der Waals surface area contributed by atoms with Gasteiger partial charge in [-0.1, -0.05) is 26.7 Å². The molecule has 1 heterocycles. The van der Waals surface area contributed by atoms with E-state index in [2.05, 4.69) is 47.9 Å². The molecule has 1 atom stereocenters. The first-order valence-electron chi connectivity index (χ1n) is 9.55. The summed E-state index contributed by atoms with van der Waals surface area (Å²) in [5.41, 5.74) is 0. The van der Waals surface area contributed by atoms with Gasteiger partial charge in [-0.2, -0.15) is 0 Å². The molecule has 6 heteroatoms. The SMILES string of the molecule is CCNC(=NCCCCn1ccnc1C)NC(C)CCCC(C)C.I. The van der Waals surface area contributed by atoms with Gasteiger partial charge in [-0.05, 0) is 46.0 Å². The maximum Gasteiger partial charge on any atom is 0.191 e. The van der Waals surface area contributed by atoms with Crippen molar-refractivity contribution in [2.45, 2.75) is 79.3 Å². The third-order valence-corrected chi connectivity index (χ3v) is 4.15. The lowest BCUT2D eigenvalue weighted by atomic mass is 10.0. The summed E-state index contributed by atoms with van der Waals surface area (Å²) >= 11 is 0. The van der Waals surface area contributed by atoms with Gasteiger partial charge >= 0.3 is 0 Å². The Hall–Kier alpha value is -0.790. The number of rotatable bonds is 11. The molecule has 1 aromatic heterocycles. The van der Waals surface area contributed by atoms with Crippen LogP contribution in [-0.4, -0.2) is 34.6 Å². The van der Waals surface area contributed by atoms with E-state index in [0.717, 1.165) is 50.2 Å². The third-order valence-electron chi connectivity index (χ3n) is 4.15. The van der Waals surface area contributed by atoms with Crippen molar-refractivity contribution in [3.63, 3.8) is 0 Å². The largest absolute Gasteiger partial charge is 0.357 e.